The smallest absolute Gasteiger partial charge is 0.264 e. The number of carbonyl (C=O) groups excluding carboxylic acids is 2. The number of anilines is 1. The van der Waals surface area contributed by atoms with Gasteiger partial charge in [-0.05, 0) is 55.7 Å². The van der Waals surface area contributed by atoms with E-state index in [1.807, 2.05) is 51.1 Å². The van der Waals surface area contributed by atoms with E-state index in [0.29, 0.717) is 6.42 Å². The van der Waals surface area contributed by atoms with Crippen LogP contribution in [-0.2, 0) is 26.2 Å². The maximum Gasteiger partial charge on any atom is 0.264 e. The first kappa shape index (κ1) is 30.5. The van der Waals surface area contributed by atoms with Gasteiger partial charge in [-0.2, -0.15) is 0 Å². The molecule has 0 aliphatic heterocycles. The highest BCUT2D eigenvalue weighted by molar-refractivity contribution is 7.92. The lowest BCUT2D eigenvalue weighted by atomic mass is 10.1. The van der Waals surface area contributed by atoms with Gasteiger partial charge in [-0.3, -0.25) is 13.9 Å². The summed E-state index contributed by atoms with van der Waals surface area (Å²) >= 11 is 12.3. The number of carbonyl (C=O) groups is 2. The number of halogens is 2. The third kappa shape index (κ3) is 7.75. The minimum absolute atomic E-state index is 0.0139. The van der Waals surface area contributed by atoms with E-state index in [1.165, 1.54) is 35.2 Å². The Balaban J connectivity index is 2.06. The van der Waals surface area contributed by atoms with Crippen LogP contribution in [0.4, 0.5) is 5.69 Å². The molecule has 1 N–H and O–H groups in total. The molecule has 10 heteroatoms. The Morgan fingerprint density at radius 2 is 1.49 bits per heavy atom. The highest BCUT2D eigenvalue weighted by atomic mass is 35.5. The number of hydrogen-bond donors (Lipinski definition) is 1. The quantitative estimate of drug-likeness (QED) is 0.284. The number of sulfonamides is 1. The number of hydrogen-bond acceptors (Lipinski definition) is 4. The Morgan fingerprint density at radius 1 is 0.872 bits per heavy atom. The first-order valence-corrected chi connectivity index (χ1v) is 14.9. The lowest BCUT2D eigenvalue weighted by Crippen LogP contribution is -2.53. The van der Waals surface area contributed by atoms with Gasteiger partial charge < -0.3 is 10.2 Å². The Bertz CT molecular complexity index is 1370. The fourth-order valence-electron chi connectivity index (χ4n) is 4.03. The summed E-state index contributed by atoms with van der Waals surface area (Å²) in [6.07, 6.45) is 1.08. The summed E-state index contributed by atoms with van der Waals surface area (Å²) in [5, 5.41) is 3.36. The average molecular weight is 591 g/mol. The maximum absolute atomic E-state index is 14.0. The summed E-state index contributed by atoms with van der Waals surface area (Å²) in [7, 11) is -4.18. The molecule has 7 nitrogen and oxygen atoms in total. The molecular weight excluding hydrogens is 557 g/mol. The molecule has 2 unspecified atom stereocenters. The second-order valence-electron chi connectivity index (χ2n) is 9.17. The van der Waals surface area contributed by atoms with E-state index < -0.39 is 28.5 Å². The van der Waals surface area contributed by atoms with E-state index in [4.69, 9.17) is 23.2 Å². The van der Waals surface area contributed by atoms with Crippen LogP contribution in [0.3, 0.4) is 0 Å². The van der Waals surface area contributed by atoms with Crippen LogP contribution in [0.5, 0.6) is 0 Å². The van der Waals surface area contributed by atoms with Crippen molar-refractivity contribution in [3.05, 3.63) is 94.5 Å². The first-order chi connectivity index (χ1) is 18.6. The molecule has 0 bridgehead atoms. The number of benzene rings is 3. The van der Waals surface area contributed by atoms with Gasteiger partial charge in [0.2, 0.25) is 11.8 Å². The summed E-state index contributed by atoms with van der Waals surface area (Å²) in [6, 6.07) is 20.6. The van der Waals surface area contributed by atoms with Crippen LogP contribution < -0.4 is 9.62 Å². The molecule has 3 rings (SSSR count). The lowest BCUT2D eigenvalue weighted by Gasteiger charge is -2.33. The van der Waals surface area contributed by atoms with Gasteiger partial charge in [0.15, 0.2) is 0 Å². The van der Waals surface area contributed by atoms with E-state index in [0.717, 1.165) is 16.3 Å². The molecule has 39 heavy (non-hydrogen) atoms. The summed E-state index contributed by atoms with van der Waals surface area (Å²) in [5.74, 6) is -0.821. The van der Waals surface area contributed by atoms with Crippen molar-refractivity contribution in [2.45, 2.75) is 57.1 Å². The van der Waals surface area contributed by atoms with E-state index in [-0.39, 0.29) is 39.1 Å². The molecule has 0 saturated carbocycles. The largest absolute Gasteiger partial charge is 0.352 e. The van der Waals surface area contributed by atoms with E-state index >= 15 is 0 Å². The molecule has 2 amide bonds. The zero-order valence-electron chi connectivity index (χ0n) is 22.2. The molecular formula is C29H33Cl2N3O4S. The maximum atomic E-state index is 14.0. The molecule has 3 aromatic rings. The summed E-state index contributed by atoms with van der Waals surface area (Å²) < 4.78 is 28.6. The minimum atomic E-state index is -4.18. The zero-order chi connectivity index (χ0) is 28.6. The molecule has 0 fully saturated rings. The van der Waals surface area contributed by atoms with Crippen LogP contribution >= 0.6 is 23.2 Å². The molecule has 3 aromatic carbocycles. The Labute approximate surface area is 240 Å². The van der Waals surface area contributed by atoms with Gasteiger partial charge in [-0.1, -0.05) is 85.6 Å². The molecule has 0 aliphatic carbocycles. The van der Waals surface area contributed by atoms with Gasteiger partial charge in [0.1, 0.15) is 12.6 Å². The van der Waals surface area contributed by atoms with Crippen molar-refractivity contribution in [3.8, 4) is 0 Å². The number of rotatable bonds is 12. The highest BCUT2D eigenvalue weighted by Crippen LogP contribution is 2.31. The third-order valence-electron chi connectivity index (χ3n) is 6.38. The second-order valence-corrected chi connectivity index (χ2v) is 11.8. The summed E-state index contributed by atoms with van der Waals surface area (Å²) in [6.45, 7) is 5.26. The topological polar surface area (TPSA) is 86.8 Å². The van der Waals surface area contributed by atoms with Crippen molar-refractivity contribution >= 4 is 50.7 Å². The predicted octanol–water partition coefficient (Wildman–Crippen LogP) is 5.91. The highest BCUT2D eigenvalue weighted by Gasteiger charge is 2.34. The van der Waals surface area contributed by atoms with Crippen LogP contribution in [0.1, 0.15) is 39.2 Å². The van der Waals surface area contributed by atoms with Gasteiger partial charge >= 0.3 is 0 Å². The van der Waals surface area contributed by atoms with Gasteiger partial charge in [-0.25, -0.2) is 8.42 Å². The van der Waals surface area contributed by atoms with Crippen LogP contribution in [0.15, 0.2) is 83.8 Å². The second kappa shape index (κ2) is 13.8. The van der Waals surface area contributed by atoms with Crippen LogP contribution in [0.2, 0.25) is 10.0 Å². The van der Waals surface area contributed by atoms with Gasteiger partial charge in [0.25, 0.3) is 10.0 Å². The van der Waals surface area contributed by atoms with Gasteiger partial charge in [-0.15, -0.1) is 0 Å². The zero-order valence-corrected chi connectivity index (χ0v) is 24.5. The van der Waals surface area contributed by atoms with Crippen molar-refractivity contribution in [2.75, 3.05) is 10.8 Å². The monoisotopic (exact) mass is 589 g/mol. The number of nitrogens with one attached hydrogen (secondary N) is 1. The average Bonchev–Trinajstić information content (AvgIpc) is 2.93. The Hall–Kier alpha value is -3.07. The van der Waals surface area contributed by atoms with Crippen LogP contribution in [0, 0.1) is 0 Å². The van der Waals surface area contributed by atoms with E-state index in [1.54, 1.807) is 18.2 Å². The fraction of sp³-hybridized carbons (Fsp3) is 0.310. The molecule has 0 spiro atoms. The first-order valence-electron chi connectivity index (χ1n) is 12.7. The summed E-state index contributed by atoms with van der Waals surface area (Å²) in [4.78, 5) is 28.7. The minimum Gasteiger partial charge on any atom is -0.352 e. The molecule has 208 valence electrons. The van der Waals surface area contributed by atoms with Crippen LogP contribution in [0.25, 0.3) is 0 Å². The predicted molar refractivity (Wildman–Crippen MR) is 156 cm³/mol. The molecule has 0 heterocycles. The standard InChI is InChI=1S/C29H33Cl2N3O4S/c1-4-21(3)32-29(36)27(5-2)33(19-22-12-8-6-9-13-22)28(35)20-34(23-16-17-25(30)26(31)18-23)39(37,38)24-14-10-7-11-15-24/h6-18,21,27H,4-5,19-20H2,1-3H3,(H,32,36). The van der Waals surface area contributed by atoms with E-state index in [9.17, 15) is 18.0 Å². The Morgan fingerprint density at radius 3 is 2.05 bits per heavy atom. The van der Waals surface area contributed by atoms with Crippen molar-refractivity contribution in [1.29, 1.82) is 0 Å². The van der Waals surface area contributed by atoms with Gasteiger partial charge in [0, 0.05) is 12.6 Å². The Kier molecular flexibility index (Phi) is 10.8. The molecule has 0 saturated heterocycles. The SMILES string of the molecule is CCC(C)NC(=O)C(CC)N(Cc1ccccc1)C(=O)CN(c1ccc(Cl)c(Cl)c1)S(=O)(=O)c1ccccc1. The van der Waals surface area contributed by atoms with Crippen LogP contribution in [-0.4, -0.2) is 43.8 Å². The number of amides is 2. The molecule has 2 atom stereocenters. The van der Waals surface area contributed by atoms with E-state index in [2.05, 4.69) is 5.32 Å². The van der Waals surface area contributed by atoms with Crippen molar-refractivity contribution in [3.63, 3.8) is 0 Å². The molecule has 0 aromatic heterocycles. The van der Waals surface area contributed by atoms with Crippen molar-refractivity contribution < 1.29 is 18.0 Å². The molecule has 0 aliphatic rings. The third-order valence-corrected chi connectivity index (χ3v) is 8.91. The normalized spacial score (nSPS) is 12.8. The van der Waals surface area contributed by atoms with Crippen molar-refractivity contribution in [1.82, 2.24) is 10.2 Å². The summed E-state index contributed by atoms with van der Waals surface area (Å²) in [5.41, 5.74) is 0.992. The fourth-order valence-corrected chi connectivity index (χ4v) is 5.75. The lowest BCUT2D eigenvalue weighted by molar-refractivity contribution is -0.140. The number of nitrogens with zero attached hydrogens (tertiary/aromatic N) is 2. The van der Waals surface area contributed by atoms with Crippen molar-refractivity contribution in [2.24, 2.45) is 0 Å². The van der Waals surface area contributed by atoms with Gasteiger partial charge in [0.05, 0.1) is 20.6 Å². The molecule has 0 radical (unpaired) electrons.